The largest absolute Gasteiger partial charge is 0.318 e. The average molecular weight is 949 g/mol. The van der Waals surface area contributed by atoms with Crippen LogP contribution in [-0.2, 0) is 10.8 Å². The highest BCUT2D eigenvalue weighted by atomic mass is 15.0. The van der Waals surface area contributed by atoms with E-state index in [4.69, 9.17) is 13.1 Å². The predicted octanol–water partition coefficient (Wildman–Crippen LogP) is 17.9. The van der Waals surface area contributed by atoms with Gasteiger partial charge in [-0.15, -0.1) is 0 Å². The normalized spacial score (nSPS) is 13.6. The molecule has 2 heterocycles. The lowest BCUT2D eigenvalue weighted by atomic mass is 9.82. The first-order valence-electron chi connectivity index (χ1n) is 25.1. The van der Waals surface area contributed by atoms with Gasteiger partial charge in [0.05, 0.1) is 69.9 Å². The quantitative estimate of drug-likeness (QED) is 0.165. The molecule has 9 aromatic carbocycles. The summed E-state index contributed by atoms with van der Waals surface area (Å²) in [6.45, 7) is 34.9. The Morgan fingerprint density at radius 1 is 0.405 bits per heavy atom. The number of hydrogen-bond donors (Lipinski definition) is 0. The van der Waals surface area contributed by atoms with Crippen LogP contribution in [0.4, 0.5) is 11.4 Å². The summed E-state index contributed by atoms with van der Waals surface area (Å²) in [4.78, 5) is 8.39. The van der Waals surface area contributed by atoms with Gasteiger partial charge in [-0.2, -0.15) is 10.5 Å². The Balaban J connectivity index is 0.969. The van der Waals surface area contributed by atoms with Crippen LogP contribution in [0.15, 0.2) is 146 Å². The summed E-state index contributed by atoms with van der Waals surface area (Å²) < 4.78 is 4.27. The highest BCUT2D eigenvalue weighted by Gasteiger charge is 2.38. The Bertz CT molecular complexity index is 4190. The minimum absolute atomic E-state index is 0.239. The van der Waals surface area contributed by atoms with E-state index in [9.17, 15) is 10.5 Å². The number of nitriles is 2. The van der Waals surface area contributed by atoms with Gasteiger partial charge in [-0.3, -0.25) is 0 Å². The van der Waals surface area contributed by atoms with E-state index in [0.717, 1.165) is 88.1 Å². The van der Waals surface area contributed by atoms with Crippen LogP contribution < -0.4 is 0 Å². The molecule has 6 heteroatoms. The molecule has 0 unspecified atom stereocenters. The molecular weight excluding hydrogens is 901 g/mol. The molecule has 0 saturated carbocycles. The minimum atomic E-state index is -0.239. The van der Waals surface area contributed by atoms with Gasteiger partial charge in [0, 0.05) is 32.4 Å². The lowest BCUT2D eigenvalue weighted by Crippen LogP contribution is -2.15. The zero-order chi connectivity index (χ0) is 51.3. The first-order valence-corrected chi connectivity index (χ1v) is 25.1. The summed E-state index contributed by atoms with van der Waals surface area (Å²) in [7, 11) is 0. The van der Waals surface area contributed by atoms with E-state index < -0.39 is 0 Å². The topological polar surface area (TPSA) is 66.2 Å². The highest BCUT2D eigenvalue weighted by Crippen LogP contribution is 2.54. The van der Waals surface area contributed by atoms with Crippen molar-refractivity contribution in [1.82, 2.24) is 9.13 Å². The Kier molecular flexibility index (Phi) is 9.33. The van der Waals surface area contributed by atoms with E-state index in [0.29, 0.717) is 33.9 Å². The Hall–Kier alpha value is -9.46. The van der Waals surface area contributed by atoms with E-state index in [-0.39, 0.29) is 10.8 Å². The molecule has 0 N–H and O–H groups in total. The highest BCUT2D eigenvalue weighted by molar-refractivity contribution is 6.14. The van der Waals surface area contributed by atoms with Crippen molar-refractivity contribution in [3.05, 3.63) is 224 Å². The van der Waals surface area contributed by atoms with Crippen molar-refractivity contribution in [2.24, 2.45) is 0 Å². The molecule has 2 aromatic heterocycles. The number of nitrogens with zero attached hydrogens (tertiary/aromatic N) is 6. The molecule has 0 atom stereocenters. The van der Waals surface area contributed by atoms with Crippen molar-refractivity contribution >= 4 is 55.0 Å². The Morgan fingerprint density at radius 3 is 1.15 bits per heavy atom. The van der Waals surface area contributed by atoms with E-state index in [2.05, 4.69) is 196 Å². The van der Waals surface area contributed by atoms with Crippen molar-refractivity contribution in [3.63, 3.8) is 0 Å². The molecule has 2 aliphatic carbocycles. The molecule has 0 fully saturated rings. The van der Waals surface area contributed by atoms with Crippen molar-refractivity contribution in [3.8, 4) is 68.0 Å². The predicted molar refractivity (Wildman–Crippen MR) is 302 cm³/mol. The lowest BCUT2D eigenvalue weighted by molar-refractivity contribution is 0.661. The number of hydrogen-bond acceptors (Lipinski definition) is 2. The maximum absolute atomic E-state index is 11.1. The van der Waals surface area contributed by atoms with Gasteiger partial charge in [0.2, 0.25) is 11.4 Å². The first-order chi connectivity index (χ1) is 35.7. The monoisotopic (exact) mass is 948 g/mol. The van der Waals surface area contributed by atoms with Crippen LogP contribution in [0, 0.1) is 63.5 Å². The summed E-state index contributed by atoms with van der Waals surface area (Å²) in [5.74, 6) is 0. The fourth-order valence-corrected chi connectivity index (χ4v) is 13.3. The summed E-state index contributed by atoms with van der Waals surface area (Å²) >= 11 is 0. The number of para-hydroxylation sites is 2. The molecule has 11 aromatic rings. The van der Waals surface area contributed by atoms with Crippen LogP contribution in [0.1, 0.15) is 83.3 Å². The van der Waals surface area contributed by atoms with Crippen LogP contribution in [0.3, 0.4) is 0 Å². The fourth-order valence-electron chi connectivity index (χ4n) is 13.3. The molecule has 6 nitrogen and oxygen atoms in total. The third-order valence-corrected chi connectivity index (χ3v) is 17.1. The smallest absolute Gasteiger partial charge is 0.212 e. The lowest BCUT2D eigenvalue weighted by Gasteiger charge is -2.24. The second-order valence-electron chi connectivity index (χ2n) is 21.4. The molecule has 0 aliphatic heterocycles. The standard InChI is InChI=1S/C68H48N6/c1-37-38(2)64(42-28-44(36-70)66(58(30-42)72-10)74-60-26-18-14-22-48(60)52-32-50-46-20-12-16-24-54(46)68(7,8)56(50)34-62(52)74)40(4)39(3)63(37)41-27-43(35-69)65(57(29-41)71-9)73-59-25-17-13-21-47(59)51-31-49-45-19-11-15-23-53(45)67(5,6)55(49)33-61(51)73/h11-34H,1-8H3. The molecule has 0 amide bonds. The van der Waals surface area contributed by atoms with Gasteiger partial charge < -0.3 is 9.13 Å². The van der Waals surface area contributed by atoms with Crippen LogP contribution in [-0.4, -0.2) is 9.13 Å². The number of fused-ring (bicyclic) bond motifs is 12. The van der Waals surface area contributed by atoms with Crippen molar-refractivity contribution in [2.45, 2.75) is 66.2 Å². The van der Waals surface area contributed by atoms with Crippen LogP contribution >= 0.6 is 0 Å². The van der Waals surface area contributed by atoms with E-state index in [1.807, 2.05) is 36.4 Å². The van der Waals surface area contributed by atoms with Crippen molar-refractivity contribution in [1.29, 1.82) is 10.5 Å². The maximum atomic E-state index is 11.1. The minimum Gasteiger partial charge on any atom is -0.318 e. The number of rotatable bonds is 4. The van der Waals surface area contributed by atoms with Gasteiger partial charge >= 0.3 is 0 Å². The average Bonchev–Trinajstić information content (AvgIpc) is 4.11. The van der Waals surface area contributed by atoms with Crippen LogP contribution in [0.2, 0.25) is 0 Å². The van der Waals surface area contributed by atoms with Gasteiger partial charge in [-0.1, -0.05) is 113 Å². The van der Waals surface area contributed by atoms with Gasteiger partial charge in [-0.25, -0.2) is 9.69 Å². The van der Waals surface area contributed by atoms with Crippen LogP contribution in [0.25, 0.3) is 109 Å². The molecule has 350 valence electrons. The molecule has 0 spiro atoms. The molecular formula is C68H48N6. The molecule has 0 saturated heterocycles. The Labute approximate surface area is 430 Å². The van der Waals surface area contributed by atoms with Crippen molar-refractivity contribution < 1.29 is 0 Å². The summed E-state index contributed by atoms with van der Waals surface area (Å²) in [6.07, 6.45) is 0. The zero-order valence-corrected chi connectivity index (χ0v) is 42.5. The van der Waals surface area contributed by atoms with E-state index in [1.165, 1.54) is 44.5 Å². The van der Waals surface area contributed by atoms with Gasteiger partial charge in [-0.05, 0) is 177 Å². The first kappa shape index (κ1) is 44.5. The fraction of sp³-hybridized carbons (Fsp3) is 0.147. The number of aromatic nitrogens is 2. The van der Waals surface area contributed by atoms with E-state index >= 15 is 0 Å². The van der Waals surface area contributed by atoms with Crippen molar-refractivity contribution in [2.75, 3.05) is 0 Å². The second-order valence-corrected chi connectivity index (χ2v) is 21.4. The molecule has 74 heavy (non-hydrogen) atoms. The second kappa shape index (κ2) is 15.5. The maximum Gasteiger partial charge on any atom is 0.212 e. The molecule has 0 radical (unpaired) electrons. The number of benzene rings is 9. The molecule has 2 aliphatic rings. The van der Waals surface area contributed by atoms with Gasteiger partial charge in [0.25, 0.3) is 0 Å². The van der Waals surface area contributed by atoms with Gasteiger partial charge in [0.1, 0.15) is 0 Å². The summed E-state index contributed by atoms with van der Waals surface area (Å²) in [5, 5.41) is 26.6. The van der Waals surface area contributed by atoms with Gasteiger partial charge in [0.15, 0.2) is 0 Å². The zero-order valence-electron chi connectivity index (χ0n) is 42.5. The summed E-state index contributed by atoms with van der Waals surface area (Å²) in [5.41, 5.74) is 23.5. The third-order valence-electron chi connectivity index (χ3n) is 17.1. The SMILES string of the molecule is [C-]#[N+]c1cc(-c2c(C)c(C)c(-c3cc(C#N)c(-n4c5ccccc5c5cc6c(cc54)C(C)(C)c4ccccc4-6)c([N+]#[C-])c3)c(C)c2C)cc(C#N)c1-n1c2ccccc2c2cc3c(cc21)C(C)(C)c1ccccc1-3. The Morgan fingerprint density at radius 2 is 0.770 bits per heavy atom. The molecule has 13 rings (SSSR count). The summed E-state index contributed by atoms with van der Waals surface area (Å²) in [6, 6.07) is 55.9. The molecule has 0 bridgehead atoms. The van der Waals surface area contributed by atoms with Crippen LogP contribution in [0.5, 0.6) is 0 Å². The third kappa shape index (κ3) is 5.77. The van der Waals surface area contributed by atoms with E-state index in [1.54, 1.807) is 0 Å².